The van der Waals surface area contributed by atoms with Crippen LogP contribution in [0.4, 0.5) is 4.79 Å². The number of carbonyl (C=O) groups is 3. The first-order valence-electron chi connectivity index (χ1n) is 10.2. The van der Waals surface area contributed by atoms with E-state index in [4.69, 9.17) is 11.6 Å². The predicted octanol–water partition coefficient (Wildman–Crippen LogP) is 3.12. The molecule has 1 saturated carbocycles. The maximum Gasteiger partial charge on any atom is 0.324 e. The third-order valence-corrected chi connectivity index (χ3v) is 6.06. The fourth-order valence-corrected chi connectivity index (χ4v) is 4.39. The van der Waals surface area contributed by atoms with E-state index in [1.165, 1.54) is 4.90 Å². The number of nitrogens with zero attached hydrogens (tertiary/aromatic N) is 1. The van der Waals surface area contributed by atoms with Gasteiger partial charge in [0.05, 0.1) is 0 Å². The molecular formula is C21H25ClN4O3. The average Bonchev–Trinajstić information content (AvgIpc) is 3.40. The molecule has 4 amide bonds. The molecule has 0 spiro atoms. The standard InChI is InChI=1S/C21H25ClN4O3/c22-14-5-6-17-16(11-14)13(12-23-17)9-10-26-20(28)18(25-21(26)29)7-8-19(27)24-15-3-1-2-4-15/h5-6,11-12,15,18,23H,1-4,7-10H2,(H,24,27)(H,25,29). The van der Waals surface area contributed by atoms with Crippen molar-refractivity contribution in [1.29, 1.82) is 0 Å². The molecule has 0 radical (unpaired) electrons. The number of imide groups is 1. The fourth-order valence-electron chi connectivity index (χ4n) is 4.22. The Morgan fingerprint density at radius 3 is 2.83 bits per heavy atom. The van der Waals surface area contributed by atoms with Crippen LogP contribution in [0.5, 0.6) is 0 Å². The molecule has 1 unspecified atom stereocenters. The first-order valence-corrected chi connectivity index (χ1v) is 10.6. The van der Waals surface area contributed by atoms with Gasteiger partial charge in [0.2, 0.25) is 5.91 Å². The van der Waals surface area contributed by atoms with Crippen LogP contribution in [0, 0.1) is 0 Å². The van der Waals surface area contributed by atoms with Crippen LogP contribution in [-0.4, -0.2) is 46.4 Å². The summed E-state index contributed by atoms with van der Waals surface area (Å²) in [5.74, 6) is -0.311. The largest absolute Gasteiger partial charge is 0.361 e. The number of hydrogen-bond acceptors (Lipinski definition) is 3. The smallest absolute Gasteiger partial charge is 0.324 e. The molecule has 8 heteroatoms. The van der Waals surface area contributed by atoms with Crippen molar-refractivity contribution in [2.24, 2.45) is 0 Å². The Morgan fingerprint density at radius 2 is 2.03 bits per heavy atom. The normalized spacial score (nSPS) is 19.9. The molecule has 0 bridgehead atoms. The molecule has 2 aromatic rings. The van der Waals surface area contributed by atoms with E-state index in [-0.39, 0.29) is 30.8 Å². The van der Waals surface area contributed by atoms with E-state index in [2.05, 4.69) is 15.6 Å². The number of aromatic nitrogens is 1. The van der Waals surface area contributed by atoms with Gasteiger partial charge in [-0.05, 0) is 49.4 Å². The maximum atomic E-state index is 12.6. The molecule has 1 aromatic carbocycles. The number of fused-ring (bicyclic) bond motifs is 1. The predicted molar refractivity (Wildman–Crippen MR) is 111 cm³/mol. The van der Waals surface area contributed by atoms with E-state index in [0.717, 1.165) is 42.1 Å². The van der Waals surface area contributed by atoms with Crippen LogP contribution in [0.2, 0.25) is 5.02 Å². The number of hydrogen-bond donors (Lipinski definition) is 3. The highest BCUT2D eigenvalue weighted by molar-refractivity contribution is 6.31. The number of aromatic amines is 1. The Balaban J connectivity index is 1.30. The van der Waals surface area contributed by atoms with Crippen LogP contribution in [0.3, 0.4) is 0 Å². The second-order valence-electron chi connectivity index (χ2n) is 7.83. The van der Waals surface area contributed by atoms with Gasteiger partial charge < -0.3 is 15.6 Å². The van der Waals surface area contributed by atoms with Gasteiger partial charge in [0.1, 0.15) is 6.04 Å². The minimum absolute atomic E-state index is 0.0481. The molecule has 2 heterocycles. The Bertz CT molecular complexity index is 935. The van der Waals surface area contributed by atoms with E-state index >= 15 is 0 Å². The van der Waals surface area contributed by atoms with Crippen molar-refractivity contribution in [2.45, 2.75) is 57.0 Å². The summed E-state index contributed by atoms with van der Waals surface area (Å²) in [6, 6.07) is 4.83. The van der Waals surface area contributed by atoms with Crippen LogP contribution in [0.15, 0.2) is 24.4 Å². The summed E-state index contributed by atoms with van der Waals surface area (Å²) in [6.07, 6.45) is 7.33. The summed E-state index contributed by atoms with van der Waals surface area (Å²) in [5.41, 5.74) is 1.97. The zero-order valence-electron chi connectivity index (χ0n) is 16.2. The lowest BCUT2D eigenvalue weighted by atomic mass is 10.1. The minimum Gasteiger partial charge on any atom is -0.361 e. The van der Waals surface area contributed by atoms with Gasteiger partial charge in [0, 0.05) is 41.1 Å². The molecule has 1 saturated heterocycles. The Labute approximate surface area is 174 Å². The summed E-state index contributed by atoms with van der Waals surface area (Å²) in [7, 11) is 0. The number of urea groups is 1. The molecule has 7 nitrogen and oxygen atoms in total. The number of benzene rings is 1. The third-order valence-electron chi connectivity index (χ3n) is 5.82. The summed E-state index contributed by atoms with van der Waals surface area (Å²) >= 11 is 6.08. The quantitative estimate of drug-likeness (QED) is 0.605. The molecule has 154 valence electrons. The lowest BCUT2D eigenvalue weighted by Gasteiger charge is -2.14. The molecule has 1 aromatic heterocycles. The van der Waals surface area contributed by atoms with Crippen molar-refractivity contribution in [3.05, 3.63) is 35.0 Å². The lowest BCUT2D eigenvalue weighted by molar-refractivity contribution is -0.127. The number of rotatable bonds is 7. The van der Waals surface area contributed by atoms with Crippen molar-refractivity contribution in [3.63, 3.8) is 0 Å². The highest BCUT2D eigenvalue weighted by Crippen LogP contribution is 2.23. The highest BCUT2D eigenvalue weighted by atomic mass is 35.5. The van der Waals surface area contributed by atoms with Crippen LogP contribution in [-0.2, 0) is 16.0 Å². The van der Waals surface area contributed by atoms with Gasteiger partial charge >= 0.3 is 6.03 Å². The SMILES string of the molecule is O=C(CCC1NC(=O)N(CCc2c[nH]c3ccc(Cl)cc23)C1=O)NC1CCCC1. The molecule has 4 rings (SSSR count). The highest BCUT2D eigenvalue weighted by Gasteiger charge is 2.37. The molecule has 29 heavy (non-hydrogen) atoms. The van der Waals surface area contributed by atoms with Crippen molar-refractivity contribution in [3.8, 4) is 0 Å². The molecule has 1 atom stereocenters. The number of nitrogens with one attached hydrogen (secondary N) is 3. The monoisotopic (exact) mass is 416 g/mol. The number of amides is 4. The van der Waals surface area contributed by atoms with Gasteiger partial charge in [0.15, 0.2) is 0 Å². The Hall–Kier alpha value is -2.54. The van der Waals surface area contributed by atoms with Crippen LogP contribution in [0.1, 0.15) is 44.1 Å². The number of halogens is 1. The summed E-state index contributed by atoms with van der Waals surface area (Å²) in [5, 5.41) is 7.36. The molecule has 1 aliphatic carbocycles. The van der Waals surface area contributed by atoms with Gasteiger partial charge in [-0.2, -0.15) is 0 Å². The first-order chi connectivity index (χ1) is 14.0. The lowest BCUT2D eigenvalue weighted by Crippen LogP contribution is -2.35. The molecular weight excluding hydrogens is 392 g/mol. The first kappa shape index (κ1) is 19.8. The van der Waals surface area contributed by atoms with E-state index in [9.17, 15) is 14.4 Å². The summed E-state index contributed by atoms with van der Waals surface area (Å²) < 4.78 is 0. The second-order valence-corrected chi connectivity index (χ2v) is 8.27. The summed E-state index contributed by atoms with van der Waals surface area (Å²) in [4.78, 5) is 41.4. The van der Waals surface area contributed by atoms with Gasteiger partial charge in [-0.1, -0.05) is 24.4 Å². The topological polar surface area (TPSA) is 94.3 Å². The van der Waals surface area contributed by atoms with Gasteiger partial charge in [0.25, 0.3) is 5.91 Å². The van der Waals surface area contributed by atoms with Crippen LogP contribution >= 0.6 is 11.6 Å². The van der Waals surface area contributed by atoms with Crippen LogP contribution < -0.4 is 10.6 Å². The van der Waals surface area contributed by atoms with Gasteiger partial charge in [-0.3, -0.25) is 14.5 Å². The van der Waals surface area contributed by atoms with E-state index < -0.39 is 12.1 Å². The van der Waals surface area contributed by atoms with E-state index in [1.54, 1.807) is 0 Å². The Morgan fingerprint density at radius 1 is 1.24 bits per heavy atom. The van der Waals surface area contributed by atoms with Crippen LogP contribution in [0.25, 0.3) is 10.9 Å². The number of H-pyrrole nitrogens is 1. The summed E-state index contributed by atoms with van der Waals surface area (Å²) in [6.45, 7) is 0.287. The molecule has 3 N–H and O–H groups in total. The van der Waals surface area contributed by atoms with Crippen molar-refractivity contribution >= 4 is 40.3 Å². The number of carbonyl (C=O) groups excluding carboxylic acids is 3. The van der Waals surface area contributed by atoms with Crippen molar-refractivity contribution in [1.82, 2.24) is 20.5 Å². The van der Waals surface area contributed by atoms with Crippen molar-refractivity contribution < 1.29 is 14.4 Å². The Kier molecular flexibility index (Phi) is 5.76. The van der Waals surface area contributed by atoms with Gasteiger partial charge in [-0.15, -0.1) is 0 Å². The van der Waals surface area contributed by atoms with E-state index in [1.807, 2.05) is 24.4 Å². The van der Waals surface area contributed by atoms with E-state index in [0.29, 0.717) is 17.9 Å². The zero-order valence-corrected chi connectivity index (χ0v) is 16.9. The third kappa shape index (κ3) is 4.40. The maximum absolute atomic E-state index is 12.6. The van der Waals surface area contributed by atoms with Gasteiger partial charge in [-0.25, -0.2) is 4.79 Å². The zero-order chi connectivity index (χ0) is 20.4. The fraction of sp³-hybridized carbons (Fsp3) is 0.476. The van der Waals surface area contributed by atoms with Crippen molar-refractivity contribution in [2.75, 3.05) is 6.54 Å². The minimum atomic E-state index is -0.630. The molecule has 2 aliphatic rings. The molecule has 1 aliphatic heterocycles. The average molecular weight is 417 g/mol. The second kappa shape index (κ2) is 8.45. The molecule has 2 fully saturated rings.